The number of benzene rings is 2. The van der Waals surface area contributed by atoms with Crippen LogP contribution in [0.15, 0.2) is 30.3 Å². The van der Waals surface area contributed by atoms with Gasteiger partial charge >= 0.3 is 6.18 Å². The number of nitrogens with one attached hydrogen (secondary N) is 2. The van der Waals surface area contributed by atoms with Gasteiger partial charge in [0.2, 0.25) is 0 Å². The maximum absolute atomic E-state index is 13.6. The van der Waals surface area contributed by atoms with Gasteiger partial charge in [-0.3, -0.25) is 4.79 Å². The van der Waals surface area contributed by atoms with Crippen LogP contribution in [0.5, 0.6) is 5.75 Å². The van der Waals surface area contributed by atoms with Crippen LogP contribution >= 0.6 is 0 Å². The molecule has 30 heavy (non-hydrogen) atoms. The van der Waals surface area contributed by atoms with Gasteiger partial charge in [0, 0.05) is 17.8 Å². The highest BCUT2D eigenvalue weighted by Gasteiger charge is 2.36. The van der Waals surface area contributed by atoms with E-state index < -0.39 is 64.4 Å². The standard InChI is InChI=1S/C17H14F6N2O5/c1-16(27,7-29-14-11(19)4-8(18)5-12(14)20)15(26)24-9-2-3-13(25-30-28)10(6-9)17(21,22)23/h2-6,25,27-28H,7H2,1H3,(H,24,26). The maximum atomic E-state index is 13.6. The molecule has 0 saturated carbocycles. The number of rotatable bonds is 7. The molecule has 4 N–H and O–H groups in total. The molecule has 0 fully saturated rings. The Kier molecular flexibility index (Phi) is 6.80. The summed E-state index contributed by atoms with van der Waals surface area (Å²) in [5, 5.41) is 20.4. The molecule has 7 nitrogen and oxygen atoms in total. The van der Waals surface area contributed by atoms with Crippen LogP contribution in [0.3, 0.4) is 0 Å². The van der Waals surface area contributed by atoms with Gasteiger partial charge in [-0.25, -0.2) is 23.9 Å². The van der Waals surface area contributed by atoms with Gasteiger partial charge in [-0.2, -0.15) is 13.2 Å². The maximum Gasteiger partial charge on any atom is 0.418 e. The van der Waals surface area contributed by atoms with E-state index in [1.807, 2.05) is 5.32 Å². The second-order valence-electron chi connectivity index (χ2n) is 6.17. The van der Waals surface area contributed by atoms with Crippen molar-refractivity contribution >= 4 is 17.3 Å². The number of hydrogen-bond donors (Lipinski definition) is 4. The van der Waals surface area contributed by atoms with Crippen molar-refractivity contribution < 1.29 is 51.2 Å². The van der Waals surface area contributed by atoms with Gasteiger partial charge in [0.15, 0.2) is 23.0 Å². The van der Waals surface area contributed by atoms with Crippen molar-refractivity contribution in [2.75, 3.05) is 17.4 Å². The zero-order valence-corrected chi connectivity index (χ0v) is 15.0. The van der Waals surface area contributed by atoms with Gasteiger partial charge in [0.1, 0.15) is 12.4 Å². The summed E-state index contributed by atoms with van der Waals surface area (Å²) in [7, 11) is 0. The Balaban J connectivity index is 2.16. The summed E-state index contributed by atoms with van der Waals surface area (Å²) in [6.45, 7) is -0.135. The zero-order valence-electron chi connectivity index (χ0n) is 15.0. The topological polar surface area (TPSA) is 100 Å². The van der Waals surface area contributed by atoms with Crippen LogP contribution in [0.25, 0.3) is 0 Å². The number of aliphatic hydroxyl groups is 1. The van der Waals surface area contributed by atoms with Crippen LogP contribution < -0.4 is 15.5 Å². The second kappa shape index (κ2) is 8.77. The van der Waals surface area contributed by atoms with Crippen molar-refractivity contribution in [1.82, 2.24) is 0 Å². The van der Waals surface area contributed by atoms with Gasteiger partial charge in [-0.05, 0) is 25.1 Å². The summed E-state index contributed by atoms with van der Waals surface area (Å²) in [6.07, 6.45) is -4.90. The fourth-order valence-corrected chi connectivity index (χ4v) is 2.21. The Morgan fingerprint density at radius 1 is 1.10 bits per heavy atom. The molecule has 0 aliphatic carbocycles. The van der Waals surface area contributed by atoms with Crippen LogP contribution in [0.1, 0.15) is 12.5 Å². The number of ether oxygens (including phenoxy) is 1. The predicted molar refractivity (Wildman–Crippen MR) is 89.8 cm³/mol. The minimum atomic E-state index is -4.90. The third-order valence-electron chi connectivity index (χ3n) is 3.69. The first-order valence-electron chi connectivity index (χ1n) is 7.94. The van der Waals surface area contributed by atoms with E-state index in [9.17, 15) is 36.2 Å². The predicted octanol–water partition coefficient (Wildman–Crippen LogP) is 3.71. The summed E-state index contributed by atoms with van der Waals surface area (Å²) >= 11 is 0. The quantitative estimate of drug-likeness (QED) is 0.298. The third kappa shape index (κ3) is 5.52. The highest BCUT2D eigenvalue weighted by Crippen LogP contribution is 2.36. The Labute approximate surface area is 164 Å². The summed E-state index contributed by atoms with van der Waals surface area (Å²) in [5.41, 5.74) is -3.24. The molecular formula is C17H14F6N2O5. The summed E-state index contributed by atoms with van der Waals surface area (Å²) in [6, 6.07) is 2.93. The molecule has 0 spiro atoms. The number of halogens is 6. The SMILES string of the molecule is CC(O)(COc1c(F)cc(F)cc1F)C(=O)Nc1ccc(NOO)c(C(F)(F)F)c1. The molecule has 0 aliphatic heterocycles. The number of hydrogen-bond acceptors (Lipinski definition) is 6. The fourth-order valence-electron chi connectivity index (χ4n) is 2.21. The van der Waals surface area contributed by atoms with Gasteiger partial charge in [0.25, 0.3) is 5.91 Å². The number of carbonyl (C=O) groups excluding carboxylic acids is 1. The van der Waals surface area contributed by atoms with Gasteiger partial charge in [0.05, 0.1) is 11.3 Å². The number of carbonyl (C=O) groups is 1. The molecule has 1 atom stereocenters. The van der Waals surface area contributed by atoms with E-state index in [1.54, 1.807) is 5.48 Å². The highest BCUT2D eigenvalue weighted by molar-refractivity contribution is 5.97. The lowest BCUT2D eigenvalue weighted by atomic mass is 10.1. The molecule has 2 rings (SSSR count). The lowest BCUT2D eigenvalue weighted by Crippen LogP contribution is -2.45. The molecule has 0 aromatic heterocycles. The third-order valence-corrected chi connectivity index (χ3v) is 3.69. The largest absolute Gasteiger partial charge is 0.484 e. The molecule has 13 heteroatoms. The molecule has 1 unspecified atom stereocenters. The fraction of sp³-hybridized carbons (Fsp3) is 0.235. The second-order valence-corrected chi connectivity index (χ2v) is 6.17. The van der Waals surface area contributed by atoms with E-state index in [2.05, 4.69) is 4.99 Å². The van der Waals surface area contributed by atoms with E-state index in [4.69, 9.17) is 9.99 Å². The van der Waals surface area contributed by atoms with Crippen molar-refractivity contribution in [1.29, 1.82) is 0 Å². The Bertz CT molecular complexity index is 912. The molecule has 0 bridgehead atoms. The van der Waals surface area contributed by atoms with E-state index in [-0.39, 0.29) is 0 Å². The van der Waals surface area contributed by atoms with E-state index >= 15 is 0 Å². The van der Waals surface area contributed by atoms with Gasteiger partial charge < -0.3 is 15.2 Å². The lowest BCUT2D eigenvalue weighted by Gasteiger charge is -2.23. The monoisotopic (exact) mass is 440 g/mol. The van der Waals surface area contributed by atoms with E-state index in [0.717, 1.165) is 19.1 Å². The van der Waals surface area contributed by atoms with Gasteiger partial charge in [-0.1, -0.05) is 0 Å². The number of amides is 1. The number of alkyl halides is 3. The van der Waals surface area contributed by atoms with Gasteiger partial charge in [-0.15, -0.1) is 4.99 Å². The molecule has 0 saturated heterocycles. The minimum Gasteiger partial charge on any atom is -0.484 e. The van der Waals surface area contributed by atoms with Crippen molar-refractivity contribution in [3.05, 3.63) is 53.3 Å². The average Bonchev–Trinajstić information content (AvgIpc) is 2.61. The minimum absolute atomic E-state index is 0.317. The smallest absolute Gasteiger partial charge is 0.418 e. The molecule has 164 valence electrons. The summed E-state index contributed by atoms with van der Waals surface area (Å²) < 4.78 is 84.0. The molecule has 0 heterocycles. The molecule has 0 aliphatic rings. The summed E-state index contributed by atoms with van der Waals surface area (Å²) in [4.78, 5) is 15.7. The first kappa shape index (κ1) is 23.3. The number of anilines is 2. The van der Waals surface area contributed by atoms with Crippen LogP contribution in [-0.2, 0) is 16.0 Å². The highest BCUT2D eigenvalue weighted by atomic mass is 19.4. The molecule has 1 amide bonds. The van der Waals surface area contributed by atoms with Crippen LogP contribution in [0, 0.1) is 17.5 Å². The Morgan fingerprint density at radius 3 is 2.23 bits per heavy atom. The van der Waals surface area contributed by atoms with Crippen molar-refractivity contribution in [3.8, 4) is 5.75 Å². The first-order valence-corrected chi connectivity index (χ1v) is 7.94. The zero-order chi connectivity index (χ0) is 22.7. The summed E-state index contributed by atoms with van der Waals surface area (Å²) in [5.74, 6) is -6.38. The first-order chi connectivity index (χ1) is 13.8. The van der Waals surface area contributed by atoms with E-state index in [1.165, 1.54) is 0 Å². The Hall–Kier alpha value is -3.03. The normalized spacial score (nSPS) is 13.5. The molecule has 0 radical (unpaired) electrons. The van der Waals surface area contributed by atoms with Crippen LogP contribution in [-0.4, -0.2) is 28.5 Å². The van der Waals surface area contributed by atoms with Crippen LogP contribution in [0.4, 0.5) is 37.7 Å². The Morgan fingerprint density at radius 2 is 1.70 bits per heavy atom. The van der Waals surface area contributed by atoms with Crippen molar-refractivity contribution in [2.24, 2.45) is 0 Å². The van der Waals surface area contributed by atoms with Crippen LogP contribution in [0.2, 0.25) is 0 Å². The van der Waals surface area contributed by atoms with Crippen molar-refractivity contribution in [3.63, 3.8) is 0 Å². The van der Waals surface area contributed by atoms with E-state index in [0.29, 0.717) is 18.2 Å². The molecular weight excluding hydrogens is 426 g/mol. The average molecular weight is 440 g/mol. The molecule has 2 aromatic rings. The lowest BCUT2D eigenvalue weighted by molar-refractivity contribution is -0.216. The molecule has 2 aromatic carbocycles. The van der Waals surface area contributed by atoms with Crippen molar-refractivity contribution in [2.45, 2.75) is 18.7 Å².